The average molecular weight is 251 g/mol. The molecule has 0 N–H and O–H groups in total. The molecule has 2 nitrogen and oxygen atoms in total. The van der Waals surface area contributed by atoms with Crippen LogP contribution in [-0.4, -0.2) is 5.97 Å². The summed E-state index contributed by atoms with van der Waals surface area (Å²) in [6.07, 6.45) is 1.03. The molecule has 0 aliphatic heterocycles. The first-order chi connectivity index (χ1) is 6.54. The van der Waals surface area contributed by atoms with E-state index in [0.29, 0.717) is 5.02 Å². The Labute approximate surface area is 96.0 Å². The Bertz CT molecular complexity index is 388. The van der Waals surface area contributed by atoms with Crippen LogP contribution in [0.1, 0.15) is 0 Å². The third kappa shape index (κ3) is 2.64. The molecular formula is C9H5Cl3O2. The van der Waals surface area contributed by atoms with Crippen molar-refractivity contribution < 1.29 is 9.53 Å². The first-order valence-corrected chi connectivity index (χ1v) is 4.66. The van der Waals surface area contributed by atoms with Gasteiger partial charge in [-0.3, -0.25) is 0 Å². The molecule has 0 unspecified atom stereocenters. The van der Waals surface area contributed by atoms with Gasteiger partial charge in [0.15, 0.2) is 5.75 Å². The van der Waals surface area contributed by atoms with E-state index in [1.165, 1.54) is 12.1 Å². The van der Waals surface area contributed by atoms with Crippen molar-refractivity contribution in [1.29, 1.82) is 0 Å². The van der Waals surface area contributed by atoms with Gasteiger partial charge in [0.25, 0.3) is 0 Å². The van der Waals surface area contributed by atoms with E-state index in [9.17, 15) is 4.79 Å². The summed E-state index contributed by atoms with van der Waals surface area (Å²) in [4.78, 5) is 10.9. The second-order valence-electron chi connectivity index (χ2n) is 2.32. The van der Waals surface area contributed by atoms with Crippen molar-refractivity contribution in [2.45, 2.75) is 0 Å². The highest BCUT2D eigenvalue weighted by atomic mass is 35.5. The third-order valence-electron chi connectivity index (χ3n) is 1.35. The van der Waals surface area contributed by atoms with Crippen LogP contribution in [0.15, 0.2) is 24.8 Å². The van der Waals surface area contributed by atoms with Crippen LogP contribution in [0, 0.1) is 0 Å². The zero-order valence-corrected chi connectivity index (χ0v) is 9.16. The van der Waals surface area contributed by atoms with Gasteiger partial charge in [-0.25, -0.2) is 4.79 Å². The van der Waals surface area contributed by atoms with E-state index < -0.39 is 5.97 Å². The minimum Gasteiger partial charge on any atom is -0.422 e. The number of carbonyl (C=O) groups excluding carboxylic acids is 1. The number of esters is 1. The highest BCUT2D eigenvalue weighted by Crippen LogP contribution is 2.33. The lowest BCUT2D eigenvalue weighted by atomic mass is 10.3. The molecule has 1 rings (SSSR count). The number of halogens is 3. The average Bonchev–Trinajstić information content (AvgIpc) is 2.14. The summed E-state index contributed by atoms with van der Waals surface area (Å²) in [7, 11) is 0. The third-order valence-corrected chi connectivity index (χ3v) is 2.37. The van der Waals surface area contributed by atoms with E-state index in [4.69, 9.17) is 39.5 Å². The van der Waals surface area contributed by atoms with Crippen molar-refractivity contribution in [3.05, 3.63) is 39.9 Å². The van der Waals surface area contributed by atoms with Gasteiger partial charge in [-0.2, -0.15) is 0 Å². The fraction of sp³-hybridized carbons (Fsp3) is 0. The quantitative estimate of drug-likeness (QED) is 0.346. The van der Waals surface area contributed by atoms with Crippen molar-refractivity contribution in [1.82, 2.24) is 0 Å². The van der Waals surface area contributed by atoms with Crippen LogP contribution in [0.25, 0.3) is 0 Å². The van der Waals surface area contributed by atoms with Crippen LogP contribution >= 0.6 is 34.8 Å². The molecule has 0 amide bonds. The van der Waals surface area contributed by atoms with Gasteiger partial charge in [-0.15, -0.1) is 0 Å². The van der Waals surface area contributed by atoms with Gasteiger partial charge >= 0.3 is 5.97 Å². The Balaban J connectivity index is 3.03. The molecule has 0 fully saturated rings. The Morgan fingerprint density at radius 2 is 1.79 bits per heavy atom. The molecule has 0 saturated heterocycles. The van der Waals surface area contributed by atoms with Gasteiger partial charge in [-0.1, -0.05) is 41.4 Å². The van der Waals surface area contributed by atoms with Crippen molar-refractivity contribution in [3.63, 3.8) is 0 Å². The number of hydrogen-bond donors (Lipinski definition) is 0. The molecule has 0 saturated carbocycles. The standard InChI is InChI=1S/C9H5Cl3O2/c1-2-9(13)14-8-4-6(11)5(10)3-7(8)12/h2-4H,1H2. The Hall–Kier alpha value is -0.700. The Kier molecular flexibility index (Phi) is 3.81. The van der Waals surface area contributed by atoms with Crippen molar-refractivity contribution in [3.8, 4) is 5.75 Å². The fourth-order valence-corrected chi connectivity index (χ4v) is 1.31. The van der Waals surface area contributed by atoms with Crippen LogP contribution in [0.3, 0.4) is 0 Å². The lowest BCUT2D eigenvalue weighted by Crippen LogP contribution is -2.03. The highest BCUT2D eigenvalue weighted by Gasteiger charge is 2.09. The van der Waals surface area contributed by atoms with E-state index in [2.05, 4.69) is 6.58 Å². The van der Waals surface area contributed by atoms with Crippen LogP contribution in [0.5, 0.6) is 5.75 Å². The monoisotopic (exact) mass is 250 g/mol. The minimum absolute atomic E-state index is 0.158. The minimum atomic E-state index is -0.606. The second-order valence-corrected chi connectivity index (χ2v) is 3.54. The van der Waals surface area contributed by atoms with Gasteiger partial charge in [0.05, 0.1) is 15.1 Å². The van der Waals surface area contributed by atoms with E-state index in [-0.39, 0.29) is 15.8 Å². The summed E-state index contributed by atoms with van der Waals surface area (Å²) in [6.45, 7) is 3.25. The van der Waals surface area contributed by atoms with Crippen LogP contribution in [0.4, 0.5) is 0 Å². The van der Waals surface area contributed by atoms with E-state index in [0.717, 1.165) is 6.08 Å². The lowest BCUT2D eigenvalue weighted by molar-refractivity contribution is -0.128. The molecule has 0 heterocycles. The lowest BCUT2D eigenvalue weighted by Gasteiger charge is -2.05. The summed E-state index contributed by atoms with van der Waals surface area (Å²) in [5, 5.41) is 0.785. The molecule has 14 heavy (non-hydrogen) atoms. The molecular weight excluding hydrogens is 246 g/mol. The number of rotatable bonds is 2. The predicted octanol–water partition coefficient (Wildman–Crippen LogP) is 3.74. The highest BCUT2D eigenvalue weighted by molar-refractivity contribution is 6.43. The molecule has 74 valence electrons. The van der Waals surface area contributed by atoms with E-state index in [1.54, 1.807) is 0 Å². The molecule has 0 radical (unpaired) electrons. The van der Waals surface area contributed by atoms with Crippen LogP contribution in [0.2, 0.25) is 15.1 Å². The topological polar surface area (TPSA) is 26.3 Å². The van der Waals surface area contributed by atoms with Gasteiger partial charge in [0, 0.05) is 12.1 Å². The molecule has 1 aromatic rings. The summed E-state index contributed by atoms with van der Waals surface area (Å²) < 4.78 is 4.80. The first-order valence-electron chi connectivity index (χ1n) is 3.53. The number of hydrogen-bond acceptors (Lipinski definition) is 2. The fourth-order valence-electron chi connectivity index (χ4n) is 0.733. The molecule has 1 aromatic carbocycles. The smallest absolute Gasteiger partial charge is 0.335 e. The zero-order chi connectivity index (χ0) is 10.7. The number of ether oxygens (including phenoxy) is 1. The molecule has 0 atom stereocenters. The van der Waals surface area contributed by atoms with Gasteiger partial charge in [0.1, 0.15) is 0 Å². The molecule has 0 bridgehead atoms. The van der Waals surface area contributed by atoms with Gasteiger partial charge in [0.2, 0.25) is 0 Å². The van der Waals surface area contributed by atoms with Crippen molar-refractivity contribution >= 4 is 40.8 Å². The SMILES string of the molecule is C=CC(=O)Oc1cc(Cl)c(Cl)cc1Cl. The van der Waals surface area contributed by atoms with E-state index >= 15 is 0 Å². The van der Waals surface area contributed by atoms with Gasteiger partial charge in [-0.05, 0) is 6.07 Å². The summed E-state index contributed by atoms with van der Waals surface area (Å²) in [6, 6.07) is 2.77. The molecule has 5 heteroatoms. The number of carbonyl (C=O) groups is 1. The van der Waals surface area contributed by atoms with Gasteiger partial charge < -0.3 is 4.74 Å². The second kappa shape index (κ2) is 4.69. The Morgan fingerprint density at radius 3 is 2.36 bits per heavy atom. The molecule has 0 aliphatic rings. The summed E-state index contributed by atoms with van der Waals surface area (Å²) >= 11 is 17.1. The molecule has 0 spiro atoms. The maximum Gasteiger partial charge on any atom is 0.335 e. The molecule has 0 aliphatic carbocycles. The Morgan fingerprint density at radius 1 is 1.21 bits per heavy atom. The van der Waals surface area contributed by atoms with Crippen LogP contribution in [-0.2, 0) is 4.79 Å². The van der Waals surface area contributed by atoms with Crippen molar-refractivity contribution in [2.24, 2.45) is 0 Å². The maximum absolute atomic E-state index is 10.9. The normalized spacial score (nSPS) is 9.64. The summed E-state index contributed by atoms with van der Waals surface area (Å²) in [5.41, 5.74) is 0. The predicted molar refractivity (Wildman–Crippen MR) is 57.3 cm³/mol. The van der Waals surface area contributed by atoms with Crippen LogP contribution < -0.4 is 4.74 Å². The summed E-state index contributed by atoms with van der Waals surface area (Å²) in [5.74, 6) is -0.448. The molecule has 0 aromatic heterocycles. The van der Waals surface area contributed by atoms with Crippen molar-refractivity contribution in [2.75, 3.05) is 0 Å². The maximum atomic E-state index is 10.9. The van der Waals surface area contributed by atoms with E-state index in [1.807, 2.05) is 0 Å². The first kappa shape index (κ1) is 11.4. The largest absolute Gasteiger partial charge is 0.422 e. The number of benzene rings is 1. The zero-order valence-electron chi connectivity index (χ0n) is 6.89.